The Labute approximate surface area is 136 Å². The minimum absolute atomic E-state index is 0.0445. The standard InChI is InChI=1S/C19H22FNO2/c1-13-6-4-5-7-16(13)14(2)21-19(22)11-9-15-8-10-18(23-3)17(20)12-15/h4-8,10,12,14H,9,11H2,1-3H3,(H,21,22). The highest BCUT2D eigenvalue weighted by atomic mass is 19.1. The highest BCUT2D eigenvalue weighted by Gasteiger charge is 2.12. The molecule has 0 fully saturated rings. The van der Waals surface area contributed by atoms with E-state index in [-0.39, 0.29) is 17.7 Å². The van der Waals surface area contributed by atoms with E-state index >= 15 is 0 Å². The van der Waals surface area contributed by atoms with E-state index in [4.69, 9.17) is 4.74 Å². The van der Waals surface area contributed by atoms with Crippen LogP contribution in [0.2, 0.25) is 0 Å². The average Bonchev–Trinajstić information content (AvgIpc) is 2.53. The van der Waals surface area contributed by atoms with Crippen LogP contribution in [-0.2, 0) is 11.2 Å². The SMILES string of the molecule is COc1ccc(CCC(=O)NC(C)c2ccccc2C)cc1F. The number of nitrogens with one attached hydrogen (secondary N) is 1. The van der Waals surface area contributed by atoms with Crippen LogP contribution < -0.4 is 10.1 Å². The van der Waals surface area contributed by atoms with E-state index < -0.39 is 5.82 Å². The molecule has 0 aliphatic heterocycles. The van der Waals surface area contributed by atoms with Crippen LogP contribution >= 0.6 is 0 Å². The predicted octanol–water partition coefficient (Wildman–Crippen LogP) is 3.95. The lowest BCUT2D eigenvalue weighted by Crippen LogP contribution is -2.27. The van der Waals surface area contributed by atoms with Crippen molar-refractivity contribution in [2.24, 2.45) is 0 Å². The Hall–Kier alpha value is -2.36. The molecule has 0 aliphatic carbocycles. The third-order valence-corrected chi connectivity index (χ3v) is 3.89. The Balaban J connectivity index is 1.90. The van der Waals surface area contributed by atoms with E-state index in [0.717, 1.165) is 16.7 Å². The summed E-state index contributed by atoms with van der Waals surface area (Å²) < 4.78 is 18.5. The molecule has 122 valence electrons. The molecule has 0 radical (unpaired) electrons. The number of aryl methyl sites for hydroxylation is 2. The van der Waals surface area contributed by atoms with Crippen molar-refractivity contribution in [2.75, 3.05) is 7.11 Å². The number of rotatable bonds is 6. The Morgan fingerprint density at radius 1 is 1.26 bits per heavy atom. The first-order valence-corrected chi connectivity index (χ1v) is 7.68. The molecular weight excluding hydrogens is 293 g/mol. The molecule has 0 bridgehead atoms. The number of halogens is 1. The molecule has 1 amide bonds. The third kappa shape index (κ3) is 4.55. The number of carbonyl (C=O) groups is 1. The molecule has 1 atom stereocenters. The normalized spacial score (nSPS) is 11.8. The maximum Gasteiger partial charge on any atom is 0.220 e. The summed E-state index contributed by atoms with van der Waals surface area (Å²) in [5, 5.41) is 2.99. The van der Waals surface area contributed by atoms with Crippen molar-refractivity contribution in [1.29, 1.82) is 0 Å². The first-order valence-electron chi connectivity index (χ1n) is 7.68. The lowest BCUT2D eigenvalue weighted by molar-refractivity contribution is -0.121. The summed E-state index contributed by atoms with van der Waals surface area (Å²) in [5.41, 5.74) is 3.04. The molecule has 0 spiro atoms. The highest BCUT2D eigenvalue weighted by Crippen LogP contribution is 2.19. The maximum absolute atomic E-state index is 13.6. The van der Waals surface area contributed by atoms with Crippen LogP contribution in [0.15, 0.2) is 42.5 Å². The number of ether oxygens (including phenoxy) is 1. The first-order chi connectivity index (χ1) is 11.0. The van der Waals surface area contributed by atoms with Gasteiger partial charge < -0.3 is 10.1 Å². The Kier molecular flexibility index (Phi) is 5.74. The van der Waals surface area contributed by atoms with Crippen LogP contribution in [0.3, 0.4) is 0 Å². The molecule has 2 aromatic rings. The van der Waals surface area contributed by atoms with Gasteiger partial charge in [-0.2, -0.15) is 0 Å². The fourth-order valence-corrected chi connectivity index (χ4v) is 2.59. The molecule has 3 nitrogen and oxygen atoms in total. The lowest BCUT2D eigenvalue weighted by Gasteiger charge is -2.16. The molecular formula is C19H22FNO2. The van der Waals surface area contributed by atoms with E-state index in [9.17, 15) is 9.18 Å². The molecule has 0 aliphatic rings. The summed E-state index contributed by atoms with van der Waals surface area (Å²) in [6.45, 7) is 3.99. The molecule has 0 saturated carbocycles. The Bertz CT molecular complexity index is 685. The van der Waals surface area contributed by atoms with Gasteiger partial charge in [0.1, 0.15) is 0 Å². The van der Waals surface area contributed by atoms with Crippen LogP contribution in [-0.4, -0.2) is 13.0 Å². The molecule has 1 unspecified atom stereocenters. The summed E-state index contributed by atoms with van der Waals surface area (Å²) in [5.74, 6) is -0.234. The zero-order valence-electron chi connectivity index (χ0n) is 13.7. The van der Waals surface area contributed by atoms with Crippen LogP contribution in [0.5, 0.6) is 5.75 Å². The van der Waals surface area contributed by atoms with E-state index in [1.54, 1.807) is 12.1 Å². The monoisotopic (exact) mass is 315 g/mol. The number of methoxy groups -OCH3 is 1. The van der Waals surface area contributed by atoms with Crippen molar-refractivity contribution in [1.82, 2.24) is 5.32 Å². The predicted molar refractivity (Wildman–Crippen MR) is 89.0 cm³/mol. The molecule has 0 saturated heterocycles. The fourth-order valence-electron chi connectivity index (χ4n) is 2.59. The van der Waals surface area contributed by atoms with E-state index in [1.165, 1.54) is 13.2 Å². The third-order valence-electron chi connectivity index (χ3n) is 3.89. The number of hydrogen-bond acceptors (Lipinski definition) is 2. The van der Waals surface area contributed by atoms with E-state index in [1.807, 2.05) is 38.1 Å². The topological polar surface area (TPSA) is 38.3 Å². The molecule has 4 heteroatoms. The van der Waals surface area contributed by atoms with Crippen molar-refractivity contribution in [3.05, 3.63) is 65.0 Å². The largest absolute Gasteiger partial charge is 0.494 e. The quantitative estimate of drug-likeness (QED) is 0.876. The van der Waals surface area contributed by atoms with Gasteiger partial charge in [0, 0.05) is 6.42 Å². The smallest absolute Gasteiger partial charge is 0.220 e. The van der Waals surface area contributed by atoms with Crippen molar-refractivity contribution >= 4 is 5.91 Å². The molecule has 0 heterocycles. The second-order valence-electron chi connectivity index (χ2n) is 5.61. The van der Waals surface area contributed by atoms with Gasteiger partial charge in [-0.1, -0.05) is 30.3 Å². The Morgan fingerprint density at radius 3 is 2.65 bits per heavy atom. The van der Waals surface area contributed by atoms with Gasteiger partial charge in [-0.3, -0.25) is 4.79 Å². The van der Waals surface area contributed by atoms with Crippen molar-refractivity contribution in [2.45, 2.75) is 32.7 Å². The van der Waals surface area contributed by atoms with Crippen LogP contribution in [0.4, 0.5) is 4.39 Å². The van der Waals surface area contributed by atoms with Crippen molar-refractivity contribution < 1.29 is 13.9 Å². The lowest BCUT2D eigenvalue weighted by atomic mass is 10.0. The van der Waals surface area contributed by atoms with Gasteiger partial charge in [-0.05, 0) is 49.1 Å². The zero-order chi connectivity index (χ0) is 16.8. The second-order valence-corrected chi connectivity index (χ2v) is 5.61. The summed E-state index contributed by atoms with van der Waals surface area (Å²) in [4.78, 5) is 12.1. The number of amides is 1. The number of carbonyl (C=O) groups excluding carboxylic acids is 1. The summed E-state index contributed by atoms with van der Waals surface area (Å²) in [6.07, 6.45) is 0.815. The van der Waals surface area contributed by atoms with Gasteiger partial charge in [0.25, 0.3) is 0 Å². The summed E-state index contributed by atoms with van der Waals surface area (Å²) in [7, 11) is 1.43. The Morgan fingerprint density at radius 2 is 2.00 bits per heavy atom. The van der Waals surface area contributed by atoms with Gasteiger partial charge in [0.05, 0.1) is 13.2 Å². The molecule has 23 heavy (non-hydrogen) atoms. The van der Waals surface area contributed by atoms with Crippen molar-refractivity contribution in [3.8, 4) is 5.75 Å². The van der Waals surface area contributed by atoms with Gasteiger partial charge in [0.15, 0.2) is 11.6 Å². The minimum atomic E-state index is -0.404. The molecule has 0 aromatic heterocycles. The average molecular weight is 315 g/mol. The fraction of sp³-hybridized carbons (Fsp3) is 0.316. The molecule has 2 aromatic carbocycles. The summed E-state index contributed by atoms with van der Waals surface area (Å²) >= 11 is 0. The van der Waals surface area contributed by atoms with Crippen LogP contribution in [0.1, 0.15) is 36.1 Å². The second kappa shape index (κ2) is 7.77. The molecule has 1 N–H and O–H groups in total. The van der Waals surface area contributed by atoms with E-state index in [0.29, 0.717) is 12.8 Å². The maximum atomic E-state index is 13.6. The van der Waals surface area contributed by atoms with Crippen LogP contribution in [0.25, 0.3) is 0 Å². The first kappa shape index (κ1) is 17.0. The minimum Gasteiger partial charge on any atom is -0.494 e. The van der Waals surface area contributed by atoms with E-state index in [2.05, 4.69) is 5.32 Å². The van der Waals surface area contributed by atoms with Gasteiger partial charge >= 0.3 is 0 Å². The summed E-state index contributed by atoms with van der Waals surface area (Å²) in [6, 6.07) is 12.7. The molecule has 2 rings (SSSR count). The van der Waals surface area contributed by atoms with Gasteiger partial charge in [0.2, 0.25) is 5.91 Å². The number of benzene rings is 2. The van der Waals surface area contributed by atoms with Crippen molar-refractivity contribution in [3.63, 3.8) is 0 Å². The highest BCUT2D eigenvalue weighted by molar-refractivity contribution is 5.76. The van der Waals surface area contributed by atoms with Crippen LogP contribution in [0, 0.1) is 12.7 Å². The number of hydrogen-bond donors (Lipinski definition) is 1. The van der Waals surface area contributed by atoms with Gasteiger partial charge in [-0.15, -0.1) is 0 Å². The zero-order valence-corrected chi connectivity index (χ0v) is 13.7. The van der Waals surface area contributed by atoms with Gasteiger partial charge in [-0.25, -0.2) is 4.39 Å².